The minimum Gasteiger partial charge on any atom is -0.497 e. The smallest absolute Gasteiger partial charge is 0.186 e. The quantitative estimate of drug-likeness (QED) is 0.892. The zero-order chi connectivity index (χ0) is 13.1. The zero-order valence-corrected chi connectivity index (χ0v) is 10.5. The summed E-state index contributed by atoms with van der Waals surface area (Å²) in [5.74, 6) is 0.778. The lowest BCUT2D eigenvalue weighted by molar-refractivity contribution is 0.414. The Kier molecular flexibility index (Phi) is 3.48. The third-order valence-corrected chi connectivity index (χ3v) is 2.87. The van der Waals surface area contributed by atoms with Gasteiger partial charge in [0.15, 0.2) is 5.43 Å². The van der Waals surface area contributed by atoms with Gasteiger partial charge in [0.1, 0.15) is 5.75 Å². The van der Waals surface area contributed by atoms with Crippen LogP contribution in [0.5, 0.6) is 5.75 Å². The van der Waals surface area contributed by atoms with E-state index in [1.807, 2.05) is 35.8 Å². The molecule has 0 amide bonds. The Labute approximate surface area is 106 Å². The van der Waals surface area contributed by atoms with Crippen molar-refractivity contribution < 1.29 is 4.74 Å². The molecule has 0 spiro atoms. The van der Waals surface area contributed by atoms with E-state index in [0.717, 1.165) is 17.1 Å². The van der Waals surface area contributed by atoms with Crippen LogP contribution in [-0.2, 0) is 6.54 Å². The Balaban J connectivity index is 2.59. The SMILES string of the molecule is COc1cccc(-n2cc(CN)c(=O)cc2C)c1. The van der Waals surface area contributed by atoms with Gasteiger partial charge in [0, 0.05) is 41.8 Å². The van der Waals surface area contributed by atoms with Gasteiger partial charge in [-0.15, -0.1) is 0 Å². The predicted molar refractivity (Wildman–Crippen MR) is 71.2 cm³/mol. The van der Waals surface area contributed by atoms with Crippen LogP contribution in [-0.4, -0.2) is 11.7 Å². The van der Waals surface area contributed by atoms with Crippen molar-refractivity contribution in [3.63, 3.8) is 0 Å². The standard InChI is InChI=1S/C14H16N2O2/c1-10-6-14(17)11(8-15)9-16(10)12-4-3-5-13(7-12)18-2/h3-7,9H,8,15H2,1-2H3. The molecule has 4 heteroatoms. The van der Waals surface area contributed by atoms with E-state index in [-0.39, 0.29) is 12.0 Å². The molecule has 1 aromatic carbocycles. The minimum atomic E-state index is -0.0193. The van der Waals surface area contributed by atoms with Gasteiger partial charge in [0.05, 0.1) is 7.11 Å². The summed E-state index contributed by atoms with van der Waals surface area (Å²) in [6.45, 7) is 2.13. The Morgan fingerprint density at radius 2 is 2.11 bits per heavy atom. The summed E-state index contributed by atoms with van der Waals surface area (Å²) in [6.07, 6.45) is 1.78. The van der Waals surface area contributed by atoms with Crippen molar-refractivity contribution in [2.45, 2.75) is 13.5 Å². The van der Waals surface area contributed by atoms with Crippen molar-refractivity contribution in [3.05, 3.63) is 58.0 Å². The molecular formula is C14H16N2O2. The first-order valence-corrected chi connectivity index (χ1v) is 5.72. The number of hydrogen-bond acceptors (Lipinski definition) is 3. The van der Waals surface area contributed by atoms with Crippen molar-refractivity contribution in [3.8, 4) is 11.4 Å². The van der Waals surface area contributed by atoms with Gasteiger partial charge in [-0.25, -0.2) is 0 Å². The van der Waals surface area contributed by atoms with E-state index in [0.29, 0.717) is 5.56 Å². The summed E-state index contributed by atoms with van der Waals surface area (Å²) in [6, 6.07) is 9.26. The van der Waals surface area contributed by atoms with Crippen LogP contribution in [0.2, 0.25) is 0 Å². The number of pyridine rings is 1. The summed E-state index contributed by atoms with van der Waals surface area (Å²) in [7, 11) is 1.63. The van der Waals surface area contributed by atoms with Gasteiger partial charge in [0.25, 0.3) is 0 Å². The average Bonchev–Trinajstić information content (AvgIpc) is 2.39. The molecule has 1 aromatic heterocycles. The zero-order valence-electron chi connectivity index (χ0n) is 10.5. The topological polar surface area (TPSA) is 57.2 Å². The summed E-state index contributed by atoms with van der Waals surface area (Å²) in [4.78, 5) is 11.7. The maximum absolute atomic E-state index is 11.7. The highest BCUT2D eigenvalue weighted by atomic mass is 16.5. The molecular weight excluding hydrogens is 228 g/mol. The highest BCUT2D eigenvalue weighted by Gasteiger charge is 2.05. The van der Waals surface area contributed by atoms with Gasteiger partial charge < -0.3 is 15.0 Å². The number of benzene rings is 1. The normalized spacial score (nSPS) is 10.4. The Bertz CT molecular complexity index is 617. The molecule has 2 N–H and O–H groups in total. The van der Waals surface area contributed by atoms with E-state index in [9.17, 15) is 4.79 Å². The van der Waals surface area contributed by atoms with Gasteiger partial charge >= 0.3 is 0 Å². The molecule has 0 aliphatic rings. The van der Waals surface area contributed by atoms with E-state index in [1.54, 1.807) is 19.4 Å². The molecule has 0 aliphatic heterocycles. The number of ether oxygens (including phenoxy) is 1. The molecule has 2 aromatic rings. The minimum absolute atomic E-state index is 0.0193. The maximum atomic E-state index is 11.7. The van der Waals surface area contributed by atoms with E-state index in [2.05, 4.69) is 0 Å². The highest BCUT2D eigenvalue weighted by Crippen LogP contribution is 2.17. The number of rotatable bonds is 3. The number of methoxy groups -OCH3 is 1. The van der Waals surface area contributed by atoms with Gasteiger partial charge in [-0.3, -0.25) is 4.79 Å². The molecule has 2 rings (SSSR count). The van der Waals surface area contributed by atoms with Gasteiger partial charge in [0.2, 0.25) is 0 Å². The van der Waals surface area contributed by atoms with Crippen molar-refractivity contribution in [2.75, 3.05) is 7.11 Å². The molecule has 1 heterocycles. The number of hydrogen-bond donors (Lipinski definition) is 1. The first kappa shape index (κ1) is 12.4. The van der Waals surface area contributed by atoms with Crippen molar-refractivity contribution >= 4 is 0 Å². The van der Waals surface area contributed by atoms with Crippen molar-refractivity contribution in [1.29, 1.82) is 0 Å². The van der Waals surface area contributed by atoms with E-state index >= 15 is 0 Å². The molecule has 18 heavy (non-hydrogen) atoms. The average molecular weight is 244 g/mol. The van der Waals surface area contributed by atoms with Crippen LogP contribution in [0, 0.1) is 6.92 Å². The molecule has 4 nitrogen and oxygen atoms in total. The van der Waals surface area contributed by atoms with Crippen molar-refractivity contribution in [1.82, 2.24) is 4.57 Å². The van der Waals surface area contributed by atoms with Crippen molar-refractivity contribution in [2.24, 2.45) is 5.73 Å². The number of aromatic nitrogens is 1. The Morgan fingerprint density at radius 1 is 1.33 bits per heavy atom. The third kappa shape index (κ3) is 2.28. The summed E-state index contributed by atoms with van der Waals surface area (Å²) < 4.78 is 7.13. The lowest BCUT2D eigenvalue weighted by Gasteiger charge is -2.13. The van der Waals surface area contributed by atoms with E-state index in [4.69, 9.17) is 10.5 Å². The second-order valence-corrected chi connectivity index (χ2v) is 4.08. The highest BCUT2D eigenvalue weighted by molar-refractivity contribution is 5.41. The summed E-state index contributed by atoms with van der Waals surface area (Å²) >= 11 is 0. The second-order valence-electron chi connectivity index (χ2n) is 4.08. The molecule has 0 saturated carbocycles. The van der Waals surface area contributed by atoms with Crippen LogP contribution < -0.4 is 15.9 Å². The van der Waals surface area contributed by atoms with Crippen LogP contribution >= 0.6 is 0 Å². The molecule has 0 unspecified atom stereocenters. The fourth-order valence-electron chi connectivity index (χ4n) is 1.87. The second kappa shape index (κ2) is 5.06. The van der Waals surface area contributed by atoms with Crippen LogP contribution in [0.3, 0.4) is 0 Å². The molecule has 0 atom stereocenters. The number of nitrogens with two attached hydrogens (primary N) is 1. The van der Waals surface area contributed by atoms with Crippen LogP contribution in [0.1, 0.15) is 11.3 Å². The van der Waals surface area contributed by atoms with Gasteiger partial charge in [-0.1, -0.05) is 6.07 Å². The largest absolute Gasteiger partial charge is 0.497 e. The maximum Gasteiger partial charge on any atom is 0.186 e. The lowest BCUT2D eigenvalue weighted by atomic mass is 10.2. The van der Waals surface area contributed by atoms with Crippen LogP contribution in [0.25, 0.3) is 5.69 Å². The van der Waals surface area contributed by atoms with Crippen LogP contribution in [0.15, 0.2) is 41.3 Å². The fraction of sp³-hybridized carbons (Fsp3) is 0.214. The molecule has 0 aliphatic carbocycles. The lowest BCUT2D eigenvalue weighted by Crippen LogP contribution is -2.16. The number of aryl methyl sites for hydroxylation is 1. The third-order valence-electron chi connectivity index (χ3n) is 2.87. The molecule has 0 fully saturated rings. The predicted octanol–water partition coefficient (Wildman–Crippen LogP) is 1.61. The van der Waals surface area contributed by atoms with Gasteiger partial charge in [-0.05, 0) is 19.1 Å². The first-order chi connectivity index (χ1) is 8.65. The molecule has 94 valence electrons. The van der Waals surface area contributed by atoms with Crippen LogP contribution in [0.4, 0.5) is 0 Å². The molecule has 0 bridgehead atoms. The Morgan fingerprint density at radius 3 is 2.78 bits per heavy atom. The van der Waals surface area contributed by atoms with E-state index < -0.39 is 0 Å². The molecule has 0 radical (unpaired) electrons. The molecule has 0 saturated heterocycles. The number of nitrogens with zero attached hydrogens (tertiary/aromatic N) is 1. The van der Waals surface area contributed by atoms with E-state index in [1.165, 1.54) is 0 Å². The first-order valence-electron chi connectivity index (χ1n) is 5.72. The Hall–Kier alpha value is -2.07. The summed E-state index contributed by atoms with van der Waals surface area (Å²) in [5.41, 5.74) is 7.96. The van der Waals surface area contributed by atoms with Gasteiger partial charge in [-0.2, -0.15) is 0 Å². The fourth-order valence-corrected chi connectivity index (χ4v) is 1.87. The monoisotopic (exact) mass is 244 g/mol. The summed E-state index contributed by atoms with van der Waals surface area (Å²) in [5, 5.41) is 0.